The second-order valence-electron chi connectivity index (χ2n) is 8.99. The minimum absolute atomic E-state index is 0.480. The summed E-state index contributed by atoms with van der Waals surface area (Å²) in [6, 6.07) is 12.4. The van der Waals surface area contributed by atoms with Crippen molar-refractivity contribution < 1.29 is 5.11 Å². The highest BCUT2D eigenvalue weighted by atomic mass is 32.1. The zero-order valence-corrected chi connectivity index (χ0v) is 19.1. The lowest BCUT2D eigenvalue weighted by atomic mass is 9.63. The van der Waals surface area contributed by atoms with E-state index in [0.717, 1.165) is 39.9 Å². The predicted octanol–water partition coefficient (Wildman–Crippen LogP) is 4.54. The minimum atomic E-state index is -0.685. The first-order valence-electron chi connectivity index (χ1n) is 10.8. The van der Waals surface area contributed by atoms with Crippen molar-refractivity contribution in [2.24, 2.45) is 16.6 Å². The molecule has 0 unspecified atom stereocenters. The van der Waals surface area contributed by atoms with E-state index in [1.54, 1.807) is 16.3 Å². The van der Waals surface area contributed by atoms with Crippen LogP contribution in [0.3, 0.4) is 0 Å². The van der Waals surface area contributed by atoms with Gasteiger partial charge in [0.1, 0.15) is 5.82 Å². The highest BCUT2D eigenvalue weighted by Gasteiger charge is 2.49. The lowest BCUT2D eigenvalue weighted by molar-refractivity contribution is -0.0738. The molecule has 3 aromatic rings. The van der Waals surface area contributed by atoms with Gasteiger partial charge in [0.15, 0.2) is 5.82 Å². The SMILES string of the molecule is CC/C=C1/N=Cc2cc(-c3ccsc3)c(-c3ccc(C4(N)CC(C)(O)C4)cc3)nc2N1N. The average molecular weight is 446 g/mol. The van der Waals surface area contributed by atoms with Gasteiger partial charge in [-0.2, -0.15) is 11.3 Å². The Kier molecular flexibility index (Phi) is 5.02. The molecule has 0 amide bonds. The second-order valence-corrected chi connectivity index (χ2v) is 9.77. The van der Waals surface area contributed by atoms with E-state index in [1.807, 2.05) is 31.3 Å². The van der Waals surface area contributed by atoms with E-state index in [-0.39, 0.29) is 0 Å². The van der Waals surface area contributed by atoms with Gasteiger partial charge in [-0.15, -0.1) is 0 Å². The summed E-state index contributed by atoms with van der Waals surface area (Å²) < 4.78 is 0. The molecular weight excluding hydrogens is 418 g/mol. The Morgan fingerprint density at radius 3 is 2.56 bits per heavy atom. The van der Waals surface area contributed by atoms with Gasteiger partial charge in [0.05, 0.1) is 11.3 Å². The molecule has 2 aliphatic rings. The molecule has 0 saturated heterocycles. The lowest BCUT2D eigenvalue weighted by Gasteiger charge is -2.49. The van der Waals surface area contributed by atoms with E-state index < -0.39 is 11.1 Å². The van der Waals surface area contributed by atoms with Crippen LogP contribution in [0, 0.1) is 0 Å². The second kappa shape index (κ2) is 7.64. The van der Waals surface area contributed by atoms with Crippen LogP contribution in [0.5, 0.6) is 0 Å². The van der Waals surface area contributed by atoms with Gasteiger partial charge in [0.25, 0.3) is 0 Å². The van der Waals surface area contributed by atoms with E-state index in [0.29, 0.717) is 24.5 Å². The molecule has 1 aromatic carbocycles. The third-order valence-corrected chi connectivity index (χ3v) is 6.87. The van der Waals surface area contributed by atoms with Gasteiger partial charge < -0.3 is 10.8 Å². The Morgan fingerprint density at radius 1 is 1.19 bits per heavy atom. The molecule has 0 spiro atoms. The highest BCUT2D eigenvalue weighted by Crippen LogP contribution is 2.46. The number of anilines is 1. The van der Waals surface area contributed by atoms with Crippen molar-refractivity contribution in [3.8, 4) is 22.4 Å². The van der Waals surface area contributed by atoms with Crippen LogP contribution in [-0.2, 0) is 5.54 Å². The molecule has 1 fully saturated rings. The van der Waals surface area contributed by atoms with Crippen molar-refractivity contribution in [3.05, 3.63) is 70.2 Å². The largest absolute Gasteiger partial charge is 0.390 e. The Bertz CT molecular complexity index is 1200. The fraction of sp³-hybridized carbons (Fsp3) is 0.280. The van der Waals surface area contributed by atoms with Crippen LogP contribution >= 0.6 is 11.3 Å². The van der Waals surface area contributed by atoms with Crippen molar-refractivity contribution in [1.29, 1.82) is 0 Å². The molecule has 2 aromatic heterocycles. The summed E-state index contributed by atoms with van der Waals surface area (Å²) in [6.07, 6.45) is 5.77. The maximum absolute atomic E-state index is 10.2. The normalized spacial score (nSPS) is 25.7. The summed E-state index contributed by atoms with van der Waals surface area (Å²) in [5.74, 6) is 7.75. The van der Waals surface area contributed by atoms with E-state index in [1.165, 1.54) is 0 Å². The van der Waals surface area contributed by atoms with Crippen LogP contribution in [-0.4, -0.2) is 21.9 Å². The standard InChI is InChI=1S/C25H27N5OS/c1-3-4-21-28-12-18-11-20(17-9-10-32-13-17)22(29-23(18)30(21)27)16-5-7-19(8-6-16)25(26)14-24(2,31)15-25/h4-13,31H,3,14-15,26-27H2,1-2H3/b21-4-. The molecule has 3 heterocycles. The number of fused-ring (bicyclic) bond motifs is 1. The molecule has 164 valence electrons. The van der Waals surface area contributed by atoms with Crippen molar-refractivity contribution in [2.75, 3.05) is 5.01 Å². The molecule has 0 bridgehead atoms. The Labute approximate surface area is 191 Å². The van der Waals surface area contributed by atoms with Gasteiger partial charge in [-0.3, -0.25) is 0 Å². The minimum Gasteiger partial charge on any atom is -0.390 e. The molecule has 5 N–H and O–H groups in total. The summed E-state index contributed by atoms with van der Waals surface area (Å²) in [5, 5.41) is 15.9. The van der Waals surface area contributed by atoms with Crippen LogP contribution in [0.15, 0.2) is 64.0 Å². The molecule has 32 heavy (non-hydrogen) atoms. The number of benzene rings is 1. The van der Waals surface area contributed by atoms with Crippen LogP contribution in [0.25, 0.3) is 22.4 Å². The zero-order chi connectivity index (χ0) is 22.5. The average Bonchev–Trinajstić information content (AvgIpc) is 3.29. The molecular formula is C25H27N5OS. The number of hydrazine groups is 1. The topological polar surface area (TPSA) is 101 Å². The van der Waals surface area contributed by atoms with Gasteiger partial charge in [-0.25, -0.2) is 20.8 Å². The highest BCUT2D eigenvalue weighted by molar-refractivity contribution is 7.08. The van der Waals surface area contributed by atoms with Crippen molar-refractivity contribution in [3.63, 3.8) is 0 Å². The van der Waals surface area contributed by atoms with Crippen LogP contribution in [0.2, 0.25) is 0 Å². The molecule has 1 aliphatic heterocycles. The van der Waals surface area contributed by atoms with Gasteiger partial charge in [0, 0.05) is 28.4 Å². The lowest BCUT2D eigenvalue weighted by Crippen LogP contribution is -2.58. The smallest absolute Gasteiger partial charge is 0.158 e. The first kappa shape index (κ1) is 21.0. The van der Waals surface area contributed by atoms with E-state index in [4.69, 9.17) is 16.6 Å². The number of thiophene rings is 1. The summed E-state index contributed by atoms with van der Waals surface area (Å²) in [6.45, 7) is 3.89. The number of rotatable bonds is 4. The Hall–Kier alpha value is -2.84. The van der Waals surface area contributed by atoms with Crippen LogP contribution < -0.4 is 16.6 Å². The maximum Gasteiger partial charge on any atom is 0.158 e. The third kappa shape index (κ3) is 3.57. The number of hydrogen-bond donors (Lipinski definition) is 3. The summed E-state index contributed by atoms with van der Waals surface area (Å²) in [4.78, 5) is 9.50. The van der Waals surface area contributed by atoms with Crippen molar-refractivity contribution in [2.45, 2.75) is 44.2 Å². The van der Waals surface area contributed by atoms with E-state index in [2.05, 4.69) is 46.9 Å². The molecule has 6 nitrogen and oxygen atoms in total. The van der Waals surface area contributed by atoms with Crippen LogP contribution in [0.1, 0.15) is 44.2 Å². The molecule has 7 heteroatoms. The maximum atomic E-state index is 10.2. The number of hydrogen-bond acceptors (Lipinski definition) is 7. The van der Waals surface area contributed by atoms with Gasteiger partial charge in [0.2, 0.25) is 0 Å². The number of aliphatic hydroxyl groups is 1. The molecule has 5 rings (SSSR count). The number of pyridine rings is 1. The number of nitrogens with zero attached hydrogens (tertiary/aromatic N) is 3. The number of nitrogens with two attached hydrogens (primary N) is 2. The first-order valence-corrected chi connectivity index (χ1v) is 11.7. The van der Waals surface area contributed by atoms with Gasteiger partial charge >= 0.3 is 0 Å². The van der Waals surface area contributed by atoms with E-state index >= 15 is 0 Å². The first-order chi connectivity index (χ1) is 15.3. The Balaban J connectivity index is 1.59. The predicted molar refractivity (Wildman–Crippen MR) is 131 cm³/mol. The van der Waals surface area contributed by atoms with Crippen molar-refractivity contribution in [1.82, 2.24) is 4.98 Å². The molecule has 0 radical (unpaired) electrons. The molecule has 1 aliphatic carbocycles. The quantitative estimate of drug-likeness (QED) is 0.512. The summed E-state index contributed by atoms with van der Waals surface area (Å²) in [7, 11) is 0. The van der Waals surface area contributed by atoms with Gasteiger partial charge in [-0.1, -0.05) is 31.2 Å². The zero-order valence-electron chi connectivity index (χ0n) is 18.2. The fourth-order valence-electron chi connectivity index (χ4n) is 4.78. The number of aliphatic imine (C=N–C) groups is 1. The molecule has 0 atom stereocenters. The van der Waals surface area contributed by atoms with E-state index in [9.17, 15) is 5.11 Å². The van der Waals surface area contributed by atoms with Crippen LogP contribution in [0.4, 0.5) is 5.82 Å². The van der Waals surface area contributed by atoms with Crippen molar-refractivity contribution >= 4 is 23.4 Å². The fourth-order valence-corrected chi connectivity index (χ4v) is 5.43. The monoisotopic (exact) mass is 445 g/mol. The Morgan fingerprint density at radius 2 is 1.94 bits per heavy atom. The molecule has 1 saturated carbocycles. The summed E-state index contributed by atoms with van der Waals surface area (Å²) >= 11 is 1.65. The number of allylic oxidation sites excluding steroid dienone is 1. The summed E-state index contributed by atoms with van der Waals surface area (Å²) in [5.41, 5.74) is 11.3. The van der Waals surface area contributed by atoms with Gasteiger partial charge in [-0.05, 0) is 66.3 Å². The third-order valence-electron chi connectivity index (χ3n) is 6.19. The number of aromatic nitrogens is 1.